The molecule has 1 heterocycles. The molecule has 0 saturated carbocycles. The molecule has 1 aromatic carbocycles. The highest BCUT2D eigenvalue weighted by atomic mass is 35.5. The molecule has 1 amide bonds. The maximum atomic E-state index is 12.1. The van der Waals surface area contributed by atoms with E-state index < -0.39 is 12.3 Å². The van der Waals surface area contributed by atoms with Crippen molar-refractivity contribution in [3.8, 4) is 5.75 Å². The number of carboxylic acids is 1. The van der Waals surface area contributed by atoms with Gasteiger partial charge in [0.2, 0.25) is 5.91 Å². The summed E-state index contributed by atoms with van der Waals surface area (Å²) in [6, 6.07) is 5.11. The van der Waals surface area contributed by atoms with Crippen LogP contribution in [-0.2, 0) is 9.59 Å². The van der Waals surface area contributed by atoms with E-state index >= 15 is 0 Å². The first-order chi connectivity index (χ1) is 12.6. The molecule has 0 unspecified atom stereocenters. The SMILES string of the molecule is CN(CC(=O)O)C1CCN(CC(=O)Nc2ccc(OC(F)(F)F)cc2)CC1.Cl. The predicted octanol–water partition coefficient (Wildman–Crippen LogP) is 2.43. The van der Waals surface area contributed by atoms with Crippen LogP contribution in [-0.4, -0.2) is 72.4 Å². The molecule has 11 heteroatoms. The number of carbonyl (C=O) groups is 2. The second-order valence-electron chi connectivity index (χ2n) is 6.44. The lowest BCUT2D eigenvalue weighted by Crippen LogP contribution is -2.46. The molecule has 2 N–H and O–H groups in total. The zero-order chi connectivity index (χ0) is 20.0. The van der Waals surface area contributed by atoms with Crippen molar-refractivity contribution in [1.29, 1.82) is 0 Å². The number of halogens is 4. The van der Waals surface area contributed by atoms with Crippen molar-refractivity contribution >= 4 is 30.0 Å². The number of alkyl halides is 3. The van der Waals surface area contributed by atoms with Gasteiger partial charge >= 0.3 is 12.3 Å². The number of rotatable bonds is 7. The third-order valence-electron chi connectivity index (χ3n) is 4.30. The average molecular weight is 426 g/mol. The molecule has 1 aromatic rings. The van der Waals surface area contributed by atoms with E-state index in [1.54, 1.807) is 11.9 Å². The van der Waals surface area contributed by atoms with E-state index in [4.69, 9.17) is 5.11 Å². The van der Waals surface area contributed by atoms with Gasteiger partial charge < -0.3 is 15.2 Å². The van der Waals surface area contributed by atoms with Crippen LogP contribution in [0.2, 0.25) is 0 Å². The predicted molar refractivity (Wildman–Crippen MR) is 98.7 cm³/mol. The van der Waals surface area contributed by atoms with Crippen molar-refractivity contribution < 1.29 is 32.6 Å². The summed E-state index contributed by atoms with van der Waals surface area (Å²) in [5.41, 5.74) is 0.380. The number of amides is 1. The van der Waals surface area contributed by atoms with Crippen molar-refractivity contribution in [3.63, 3.8) is 0 Å². The third kappa shape index (κ3) is 8.32. The number of anilines is 1. The minimum absolute atomic E-state index is 0. The van der Waals surface area contributed by atoms with E-state index in [0.717, 1.165) is 25.0 Å². The number of likely N-dealkylation sites (tertiary alicyclic amines) is 1. The Morgan fingerprint density at radius 1 is 1.25 bits per heavy atom. The number of ether oxygens (including phenoxy) is 1. The minimum Gasteiger partial charge on any atom is -0.480 e. The molecule has 0 aliphatic carbocycles. The third-order valence-corrected chi connectivity index (χ3v) is 4.30. The molecule has 1 saturated heterocycles. The summed E-state index contributed by atoms with van der Waals surface area (Å²) in [6.45, 7) is 1.48. The van der Waals surface area contributed by atoms with E-state index in [9.17, 15) is 22.8 Å². The highest BCUT2D eigenvalue weighted by molar-refractivity contribution is 5.92. The van der Waals surface area contributed by atoms with E-state index in [0.29, 0.717) is 18.8 Å². The Kier molecular flexibility index (Phi) is 8.99. The molecule has 0 spiro atoms. The summed E-state index contributed by atoms with van der Waals surface area (Å²) in [4.78, 5) is 26.6. The molecule has 0 aromatic heterocycles. The van der Waals surface area contributed by atoms with Gasteiger partial charge in [0, 0.05) is 24.8 Å². The molecule has 1 fully saturated rings. The summed E-state index contributed by atoms with van der Waals surface area (Å²) in [5, 5.41) is 11.5. The number of hydrogen-bond donors (Lipinski definition) is 2. The first-order valence-electron chi connectivity index (χ1n) is 8.42. The summed E-state index contributed by atoms with van der Waals surface area (Å²) < 4.78 is 40.1. The standard InChI is InChI=1S/C17H22F3N3O4.ClH/c1-22(11-16(25)26)13-6-8-23(9-7-13)10-15(24)21-12-2-4-14(5-3-12)27-17(18,19)20;/h2-5,13H,6-11H2,1H3,(H,21,24)(H,25,26);1H. The number of nitrogens with one attached hydrogen (secondary N) is 1. The number of likely N-dealkylation sites (N-methyl/N-ethyl adjacent to an activating group) is 1. The fourth-order valence-corrected chi connectivity index (χ4v) is 3.00. The number of carbonyl (C=O) groups excluding carboxylic acids is 1. The molecule has 0 bridgehead atoms. The fourth-order valence-electron chi connectivity index (χ4n) is 3.00. The summed E-state index contributed by atoms with van der Waals surface area (Å²) in [6.07, 6.45) is -3.23. The molecule has 0 atom stereocenters. The van der Waals surface area contributed by atoms with Gasteiger partial charge in [-0.05, 0) is 44.2 Å². The number of piperidine rings is 1. The largest absolute Gasteiger partial charge is 0.573 e. The zero-order valence-electron chi connectivity index (χ0n) is 15.2. The summed E-state index contributed by atoms with van der Waals surface area (Å²) >= 11 is 0. The fraction of sp³-hybridized carbons (Fsp3) is 0.529. The van der Waals surface area contributed by atoms with Crippen LogP contribution in [0.1, 0.15) is 12.8 Å². The van der Waals surface area contributed by atoms with Crippen LogP contribution in [0.4, 0.5) is 18.9 Å². The van der Waals surface area contributed by atoms with Crippen molar-refractivity contribution in [2.75, 3.05) is 38.5 Å². The molecule has 158 valence electrons. The Balaban J connectivity index is 0.00000392. The molecular formula is C17H23ClF3N3O4. The molecule has 7 nitrogen and oxygen atoms in total. The van der Waals surface area contributed by atoms with E-state index in [2.05, 4.69) is 10.1 Å². The summed E-state index contributed by atoms with van der Waals surface area (Å²) in [7, 11) is 1.77. The Hall–Kier alpha value is -2.04. The van der Waals surface area contributed by atoms with Crippen LogP contribution in [0.15, 0.2) is 24.3 Å². The van der Waals surface area contributed by atoms with Crippen molar-refractivity contribution in [3.05, 3.63) is 24.3 Å². The second-order valence-corrected chi connectivity index (χ2v) is 6.44. The van der Waals surface area contributed by atoms with Crippen LogP contribution in [0.25, 0.3) is 0 Å². The van der Waals surface area contributed by atoms with Crippen LogP contribution in [0.3, 0.4) is 0 Å². The Morgan fingerprint density at radius 3 is 2.32 bits per heavy atom. The van der Waals surface area contributed by atoms with Gasteiger partial charge in [-0.15, -0.1) is 25.6 Å². The second kappa shape index (κ2) is 10.5. The van der Waals surface area contributed by atoms with E-state index in [1.165, 1.54) is 12.1 Å². The molecule has 1 aliphatic heterocycles. The van der Waals surface area contributed by atoms with Crippen molar-refractivity contribution in [1.82, 2.24) is 9.80 Å². The van der Waals surface area contributed by atoms with Crippen molar-refractivity contribution in [2.45, 2.75) is 25.2 Å². The Bertz CT molecular complexity index is 650. The highest BCUT2D eigenvalue weighted by Crippen LogP contribution is 2.24. The van der Waals surface area contributed by atoms with Crippen LogP contribution < -0.4 is 10.1 Å². The monoisotopic (exact) mass is 425 g/mol. The Morgan fingerprint density at radius 2 is 1.82 bits per heavy atom. The number of aliphatic carboxylic acids is 1. The lowest BCUT2D eigenvalue weighted by Gasteiger charge is -2.35. The zero-order valence-corrected chi connectivity index (χ0v) is 16.1. The lowest BCUT2D eigenvalue weighted by molar-refractivity contribution is -0.274. The van der Waals surface area contributed by atoms with Crippen LogP contribution >= 0.6 is 12.4 Å². The highest BCUT2D eigenvalue weighted by Gasteiger charge is 2.31. The molecule has 2 rings (SSSR count). The van der Waals surface area contributed by atoms with Gasteiger partial charge in [0.25, 0.3) is 0 Å². The number of hydrogen-bond acceptors (Lipinski definition) is 5. The lowest BCUT2D eigenvalue weighted by atomic mass is 10.0. The quantitative estimate of drug-likeness (QED) is 0.698. The van der Waals surface area contributed by atoms with E-state index in [-0.39, 0.29) is 43.2 Å². The van der Waals surface area contributed by atoms with Gasteiger partial charge in [0.05, 0.1) is 13.1 Å². The van der Waals surface area contributed by atoms with E-state index in [1.807, 2.05) is 4.90 Å². The van der Waals surface area contributed by atoms with Crippen molar-refractivity contribution in [2.24, 2.45) is 0 Å². The van der Waals surface area contributed by atoms with Gasteiger partial charge in [-0.2, -0.15) is 0 Å². The maximum absolute atomic E-state index is 12.1. The van der Waals surface area contributed by atoms with Gasteiger partial charge in [0.1, 0.15) is 5.75 Å². The smallest absolute Gasteiger partial charge is 0.480 e. The Labute approximate surface area is 166 Å². The molecule has 28 heavy (non-hydrogen) atoms. The van der Waals surface area contributed by atoms with Gasteiger partial charge in [-0.1, -0.05) is 0 Å². The molecule has 1 aliphatic rings. The van der Waals surface area contributed by atoms with Crippen LogP contribution in [0.5, 0.6) is 5.75 Å². The van der Waals surface area contributed by atoms with Gasteiger partial charge in [-0.3, -0.25) is 19.4 Å². The first-order valence-corrected chi connectivity index (χ1v) is 8.42. The summed E-state index contributed by atoms with van der Waals surface area (Å²) in [5.74, 6) is -1.49. The topological polar surface area (TPSA) is 82.1 Å². The minimum atomic E-state index is -4.75. The first kappa shape index (κ1) is 24.0. The average Bonchev–Trinajstić information content (AvgIpc) is 2.55. The molecular weight excluding hydrogens is 403 g/mol. The van der Waals surface area contributed by atoms with Gasteiger partial charge in [-0.25, -0.2) is 0 Å². The van der Waals surface area contributed by atoms with Gasteiger partial charge in [0.15, 0.2) is 0 Å². The van der Waals surface area contributed by atoms with Crippen LogP contribution in [0, 0.1) is 0 Å². The maximum Gasteiger partial charge on any atom is 0.573 e. The number of nitrogens with zero attached hydrogens (tertiary/aromatic N) is 2. The number of carboxylic acid groups (broad SMARTS) is 1. The molecule has 0 radical (unpaired) electrons. The number of benzene rings is 1. The normalized spacial score (nSPS) is 15.8.